The highest BCUT2D eigenvalue weighted by Crippen LogP contribution is 2.37. The van der Waals surface area contributed by atoms with Crippen LogP contribution in [0.25, 0.3) is 22.3 Å². The number of hydrogen-bond donors (Lipinski definition) is 0. The lowest BCUT2D eigenvalue weighted by Crippen LogP contribution is -2.35. The van der Waals surface area contributed by atoms with Crippen LogP contribution in [-0.2, 0) is 0 Å². The molecule has 5 nitrogen and oxygen atoms in total. The van der Waals surface area contributed by atoms with Gasteiger partial charge in [-0.15, -0.1) is 0 Å². The highest BCUT2D eigenvalue weighted by atomic mass is 16.5. The quantitative estimate of drug-likeness (QED) is 0.680. The van der Waals surface area contributed by atoms with Crippen LogP contribution in [0.3, 0.4) is 0 Å². The molecule has 1 saturated heterocycles. The number of benzene rings is 2. The Morgan fingerprint density at radius 1 is 1.00 bits per heavy atom. The second-order valence-corrected chi connectivity index (χ2v) is 7.15. The van der Waals surface area contributed by atoms with Gasteiger partial charge in [0.15, 0.2) is 17.3 Å². The first-order valence-corrected chi connectivity index (χ1v) is 9.43. The number of anilines is 1. The van der Waals surface area contributed by atoms with Crippen molar-refractivity contribution in [1.29, 1.82) is 0 Å². The predicted octanol–water partition coefficient (Wildman–Crippen LogP) is 4.55. The minimum Gasteiger partial charge on any atom is -0.493 e. The third-order valence-corrected chi connectivity index (χ3v) is 5.17. The fourth-order valence-electron chi connectivity index (χ4n) is 3.78. The molecule has 4 rings (SSSR count). The molecule has 5 heteroatoms. The number of rotatable bonds is 4. The van der Waals surface area contributed by atoms with E-state index >= 15 is 0 Å². The molecule has 0 unspecified atom stereocenters. The molecule has 0 N–H and O–H groups in total. The SMILES string of the molecule is COc1cc2nc(-c3ccccc3)nc(N3CCC[C@@H](C)C3)c2cc1OC. The lowest BCUT2D eigenvalue weighted by molar-refractivity contribution is 0.355. The second-order valence-electron chi connectivity index (χ2n) is 7.15. The zero-order valence-corrected chi connectivity index (χ0v) is 16.1. The largest absolute Gasteiger partial charge is 0.493 e. The van der Waals surface area contributed by atoms with Gasteiger partial charge in [-0.3, -0.25) is 0 Å². The Hall–Kier alpha value is -2.82. The van der Waals surface area contributed by atoms with Gasteiger partial charge in [0.1, 0.15) is 5.82 Å². The van der Waals surface area contributed by atoms with Crippen molar-refractivity contribution < 1.29 is 9.47 Å². The van der Waals surface area contributed by atoms with Gasteiger partial charge < -0.3 is 14.4 Å². The molecule has 0 radical (unpaired) electrons. The molecule has 1 fully saturated rings. The van der Waals surface area contributed by atoms with Gasteiger partial charge in [-0.05, 0) is 24.8 Å². The van der Waals surface area contributed by atoms with Gasteiger partial charge >= 0.3 is 0 Å². The van der Waals surface area contributed by atoms with E-state index in [0.29, 0.717) is 17.4 Å². The van der Waals surface area contributed by atoms with Crippen LogP contribution in [-0.4, -0.2) is 37.3 Å². The van der Waals surface area contributed by atoms with E-state index < -0.39 is 0 Å². The average molecular weight is 363 g/mol. The van der Waals surface area contributed by atoms with E-state index in [1.165, 1.54) is 12.8 Å². The van der Waals surface area contributed by atoms with Crippen molar-refractivity contribution in [3.8, 4) is 22.9 Å². The number of piperidine rings is 1. The van der Waals surface area contributed by atoms with Crippen LogP contribution in [0, 0.1) is 5.92 Å². The van der Waals surface area contributed by atoms with Gasteiger partial charge in [0.25, 0.3) is 0 Å². The Morgan fingerprint density at radius 3 is 2.44 bits per heavy atom. The van der Waals surface area contributed by atoms with Gasteiger partial charge in [0.05, 0.1) is 19.7 Å². The van der Waals surface area contributed by atoms with E-state index in [0.717, 1.165) is 41.2 Å². The molecule has 3 aromatic rings. The van der Waals surface area contributed by atoms with E-state index in [-0.39, 0.29) is 0 Å². The second kappa shape index (κ2) is 7.43. The molecule has 0 saturated carbocycles. The summed E-state index contributed by atoms with van der Waals surface area (Å²) in [4.78, 5) is 12.2. The summed E-state index contributed by atoms with van der Waals surface area (Å²) in [6.07, 6.45) is 2.45. The number of fused-ring (bicyclic) bond motifs is 1. The number of ether oxygens (including phenoxy) is 2. The number of methoxy groups -OCH3 is 2. The van der Waals surface area contributed by atoms with Crippen molar-refractivity contribution in [1.82, 2.24) is 9.97 Å². The Labute approximate surface area is 160 Å². The summed E-state index contributed by atoms with van der Waals surface area (Å²) in [7, 11) is 3.31. The minimum absolute atomic E-state index is 0.657. The first kappa shape index (κ1) is 17.6. The van der Waals surface area contributed by atoms with Gasteiger partial charge in [-0.2, -0.15) is 0 Å². The van der Waals surface area contributed by atoms with E-state index in [1.807, 2.05) is 42.5 Å². The molecular weight excluding hydrogens is 338 g/mol. The summed E-state index contributed by atoms with van der Waals surface area (Å²) in [5.41, 5.74) is 1.88. The molecule has 27 heavy (non-hydrogen) atoms. The lowest BCUT2D eigenvalue weighted by atomic mass is 10.00. The van der Waals surface area contributed by atoms with Crippen LogP contribution in [0.4, 0.5) is 5.82 Å². The molecule has 0 amide bonds. The van der Waals surface area contributed by atoms with Gasteiger partial charge in [-0.1, -0.05) is 37.3 Å². The molecule has 140 valence electrons. The Kier molecular flexibility index (Phi) is 4.84. The van der Waals surface area contributed by atoms with Crippen molar-refractivity contribution in [3.05, 3.63) is 42.5 Å². The van der Waals surface area contributed by atoms with Crippen molar-refractivity contribution in [2.75, 3.05) is 32.2 Å². The molecule has 2 heterocycles. The monoisotopic (exact) mass is 363 g/mol. The summed E-state index contributed by atoms with van der Waals surface area (Å²) >= 11 is 0. The minimum atomic E-state index is 0.657. The van der Waals surface area contributed by atoms with Gasteiger partial charge in [-0.25, -0.2) is 9.97 Å². The van der Waals surface area contributed by atoms with Crippen LogP contribution >= 0.6 is 0 Å². The Bertz CT molecular complexity index is 943. The Morgan fingerprint density at radius 2 is 1.74 bits per heavy atom. The van der Waals surface area contributed by atoms with Crippen molar-refractivity contribution in [3.63, 3.8) is 0 Å². The first-order chi connectivity index (χ1) is 13.2. The highest BCUT2D eigenvalue weighted by molar-refractivity contribution is 5.93. The van der Waals surface area contributed by atoms with E-state index in [9.17, 15) is 0 Å². The third kappa shape index (κ3) is 3.42. The zero-order chi connectivity index (χ0) is 18.8. The van der Waals surface area contributed by atoms with Gasteiger partial charge in [0, 0.05) is 30.1 Å². The molecule has 2 aromatic carbocycles. The first-order valence-electron chi connectivity index (χ1n) is 9.43. The molecule has 0 bridgehead atoms. The smallest absolute Gasteiger partial charge is 0.162 e. The van der Waals surface area contributed by atoms with Crippen LogP contribution in [0.15, 0.2) is 42.5 Å². The average Bonchev–Trinajstić information content (AvgIpc) is 2.72. The topological polar surface area (TPSA) is 47.5 Å². The highest BCUT2D eigenvalue weighted by Gasteiger charge is 2.22. The summed E-state index contributed by atoms with van der Waals surface area (Å²) < 4.78 is 11.0. The molecule has 0 spiro atoms. The molecule has 1 aromatic heterocycles. The van der Waals surface area contributed by atoms with Crippen molar-refractivity contribution >= 4 is 16.7 Å². The predicted molar refractivity (Wildman–Crippen MR) is 109 cm³/mol. The number of aromatic nitrogens is 2. The van der Waals surface area contributed by atoms with Crippen molar-refractivity contribution in [2.45, 2.75) is 19.8 Å². The summed E-state index contributed by atoms with van der Waals surface area (Å²) in [5.74, 6) is 3.76. The van der Waals surface area contributed by atoms with Crippen molar-refractivity contribution in [2.24, 2.45) is 5.92 Å². The van der Waals surface area contributed by atoms with E-state index in [4.69, 9.17) is 19.4 Å². The maximum absolute atomic E-state index is 5.52. The fourth-order valence-corrected chi connectivity index (χ4v) is 3.78. The van der Waals surface area contributed by atoms with Crippen LogP contribution < -0.4 is 14.4 Å². The molecule has 0 aliphatic carbocycles. The number of hydrogen-bond acceptors (Lipinski definition) is 5. The normalized spacial score (nSPS) is 17.1. The van der Waals surface area contributed by atoms with Crippen LogP contribution in [0.5, 0.6) is 11.5 Å². The third-order valence-electron chi connectivity index (χ3n) is 5.17. The van der Waals surface area contributed by atoms with E-state index in [2.05, 4.69) is 11.8 Å². The molecule has 1 atom stereocenters. The molecular formula is C22H25N3O2. The lowest BCUT2D eigenvalue weighted by Gasteiger charge is -2.32. The zero-order valence-electron chi connectivity index (χ0n) is 16.1. The summed E-state index contributed by atoms with van der Waals surface area (Å²) in [6, 6.07) is 14.1. The summed E-state index contributed by atoms with van der Waals surface area (Å²) in [6.45, 7) is 4.32. The van der Waals surface area contributed by atoms with Crippen LogP contribution in [0.2, 0.25) is 0 Å². The molecule has 1 aliphatic heterocycles. The van der Waals surface area contributed by atoms with Crippen LogP contribution in [0.1, 0.15) is 19.8 Å². The van der Waals surface area contributed by atoms with E-state index in [1.54, 1.807) is 14.2 Å². The van der Waals surface area contributed by atoms with Gasteiger partial charge in [0.2, 0.25) is 0 Å². The number of nitrogens with zero attached hydrogens (tertiary/aromatic N) is 3. The maximum atomic E-state index is 5.52. The summed E-state index contributed by atoms with van der Waals surface area (Å²) in [5, 5.41) is 1.00. The standard InChI is InChI=1S/C22H25N3O2/c1-15-8-7-11-25(14-15)22-17-12-19(26-2)20(27-3)13-18(17)23-21(24-22)16-9-5-4-6-10-16/h4-6,9-10,12-13,15H,7-8,11,14H2,1-3H3/t15-/m1/s1. The molecule has 1 aliphatic rings. The maximum Gasteiger partial charge on any atom is 0.162 e. The fraction of sp³-hybridized carbons (Fsp3) is 0.364. The Balaban J connectivity index is 1.93.